The van der Waals surface area contributed by atoms with Crippen LogP contribution in [0.4, 0.5) is 5.69 Å². The van der Waals surface area contributed by atoms with Crippen molar-refractivity contribution in [2.75, 3.05) is 19.5 Å². The van der Waals surface area contributed by atoms with Gasteiger partial charge < -0.3 is 14.8 Å². The van der Waals surface area contributed by atoms with Gasteiger partial charge in [-0.3, -0.25) is 0 Å². The highest BCUT2D eigenvalue weighted by Gasteiger charge is 2.12. The lowest BCUT2D eigenvalue weighted by Crippen LogP contribution is -2.11. The molecule has 2 aromatic carbocycles. The smallest absolute Gasteiger partial charge is 0.142 e. The van der Waals surface area contributed by atoms with Crippen LogP contribution in [-0.2, 0) is 12.0 Å². The van der Waals surface area contributed by atoms with Gasteiger partial charge in [0.1, 0.15) is 11.5 Å². The van der Waals surface area contributed by atoms with Gasteiger partial charge in [0.25, 0.3) is 0 Å². The maximum atomic E-state index is 5.38. The number of nitrogens with one attached hydrogen (secondary N) is 1. The summed E-state index contributed by atoms with van der Waals surface area (Å²) in [6.45, 7) is 7.41. The largest absolute Gasteiger partial charge is 0.497 e. The third kappa shape index (κ3) is 3.94. The van der Waals surface area contributed by atoms with Crippen LogP contribution >= 0.6 is 0 Å². The molecule has 22 heavy (non-hydrogen) atoms. The SMILES string of the molecule is COc1ccc(OC)c(NCc2ccc(C(C)(C)C)cc2)c1. The fourth-order valence-corrected chi connectivity index (χ4v) is 2.27. The summed E-state index contributed by atoms with van der Waals surface area (Å²) in [5.41, 5.74) is 3.69. The Balaban J connectivity index is 2.09. The van der Waals surface area contributed by atoms with E-state index in [-0.39, 0.29) is 5.41 Å². The molecule has 0 unspecified atom stereocenters. The standard InChI is InChI=1S/C19H25NO2/c1-19(2,3)15-8-6-14(7-9-15)13-20-17-12-16(21-4)10-11-18(17)22-5/h6-12,20H,13H2,1-5H3. The highest BCUT2D eigenvalue weighted by atomic mass is 16.5. The minimum absolute atomic E-state index is 0.183. The molecule has 3 nitrogen and oxygen atoms in total. The molecule has 0 aliphatic heterocycles. The number of rotatable bonds is 5. The fraction of sp³-hybridized carbons (Fsp3) is 0.368. The number of methoxy groups -OCH3 is 2. The molecule has 1 N–H and O–H groups in total. The predicted octanol–water partition coefficient (Wildman–Crippen LogP) is 4.61. The molecule has 0 saturated carbocycles. The third-order valence-corrected chi connectivity index (χ3v) is 3.71. The van der Waals surface area contributed by atoms with E-state index in [1.54, 1.807) is 14.2 Å². The van der Waals surface area contributed by atoms with Crippen LogP contribution < -0.4 is 14.8 Å². The van der Waals surface area contributed by atoms with Gasteiger partial charge in [-0.1, -0.05) is 45.0 Å². The first-order valence-corrected chi connectivity index (χ1v) is 7.49. The van der Waals surface area contributed by atoms with Gasteiger partial charge in [0, 0.05) is 12.6 Å². The Kier molecular flexibility index (Phi) is 4.96. The Hall–Kier alpha value is -2.16. The average molecular weight is 299 g/mol. The average Bonchev–Trinajstić information content (AvgIpc) is 2.52. The van der Waals surface area contributed by atoms with Gasteiger partial charge >= 0.3 is 0 Å². The minimum atomic E-state index is 0.183. The second-order valence-electron chi connectivity index (χ2n) is 6.37. The Morgan fingerprint density at radius 3 is 2.14 bits per heavy atom. The Morgan fingerprint density at radius 2 is 1.59 bits per heavy atom. The number of benzene rings is 2. The van der Waals surface area contributed by atoms with E-state index in [9.17, 15) is 0 Å². The number of hydrogen-bond acceptors (Lipinski definition) is 3. The highest BCUT2D eigenvalue weighted by Crippen LogP contribution is 2.29. The van der Waals surface area contributed by atoms with Crippen molar-refractivity contribution >= 4 is 5.69 Å². The summed E-state index contributed by atoms with van der Waals surface area (Å²) in [7, 11) is 3.34. The third-order valence-electron chi connectivity index (χ3n) is 3.71. The van der Waals surface area contributed by atoms with E-state index in [0.717, 1.165) is 23.7 Å². The molecule has 0 fully saturated rings. The lowest BCUT2D eigenvalue weighted by atomic mass is 9.87. The van der Waals surface area contributed by atoms with Crippen molar-refractivity contribution in [3.8, 4) is 11.5 Å². The summed E-state index contributed by atoms with van der Waals surface area (Å²) in [6.07, 6.45) is 0. The molecule has 0 spiro atoms. The van der Waals surface area contributed by atoms with Gasteiger partial charge in [0.2, 0.25) is 0 Å². The van der Waals surface area contributed by atoms with E-state index < -0.39 is 0 Å². The maximum absolute atomic E-state index is 5.38. The summed E-state index contributed by atoms with van der Waals surface area (Å²) < 4.78 is 10.6. The summed E-state index contributed by atoms with van der Waals surface area (Å²) in [4.78, 5) is 0. The molecule has 2 aromatic rings. The molecule has 0 heterocycles. The van der Waals surface area contributed by atoms with Gasteiger partial charge in [-0.05, 0) is 28.7 Å². The zero-order valence-electron chi connectivity index (χ0n) is 14.1. The van der Waals surface area contributed by atoms with Crippen LogP contribution in [0.3, 0.4) is 0 Å². The van der Waals surface area contributed by atoms with E-state index in [4.69, 9.17) is 9.47 Å². The van der Waals surface area contributed by atoms with Crippen LogP contribution in [0.1, 0.15) is 31.9 Å². The normalized spacial score (nSPS) is 11.1. The first-order valence-electron chi connectivity index (χ1n) is 7.49. The molecule has 0 atom stereocenters. The monoisotopic (exact) mass is 299 g/mol. The van der Waals surface area contributed by atoms with Crippen LogP contribution in [0.25, 0.3) is 0 Å². The second-order valence-corrected chi connectivity index (χ2v) is 6.37. The Morgan fingerprint density at radius 1 is 0.909 bits per heavy atom. The number of hydrogen-bond donors (Lipinski definition) is 1. The van der Waals surface area contributed by atoms with E-state index in [0.29, 0.717) is 0 Å². The van der Waals surface area contributed by atoms with Crippen molar-refractivity contribution < 1.29 is 9.47 Å². The molecule has 0 aliphatic rings. The van der Waals surface area contributed by atoms with Crippen molar-refractivity contribution in [3.63, 3.8) is 0 Å². The summed E-state index contributed by atoms with van der Waals surface area (Å²) in [6, 6.07) is 14.5. The lowest BCUT2D eigenvalue weighted by Gasteiger charge is -2.19. The maximum Gasteiger partial charge on any atom is 0.142 e. The molecule has 0 radical (unpaired) electrons. The second kappa shape index (κ2) is 6.73. The van der Waals surface area contributed by atoms with Crippen LogP contribution in [0.5, 0.6) is 11.5 Å². The molecular weight excluding hydrogens is 274 g/mol. The molecule has 118 valence electrons. The lowest BCUT2D eigenvalue weighted by molar-refractivity contribution is 0.404. The number of anilines is 1. The summed E-state index contributed by atoms with van der Waals surface area (Å²) in [5, 5.41) is 3.41. The molecule has 0 aromatic heterocycles. The van der Waals surface area contributed by atoms with Gasteiger partial charge in [-0.25, -0.2) is 0 Å². The zero-order valence-corrected chi connectivity index (χ0v) is 14.1. The highest BCUT2D eigenvalue weighted by molar-refractivity contribution is 5.60. The molecule has 0 aliphatic carbocycles. The van der Waals surface area contributed by atoms with Crippen molar-refractivity contribution in [2.24, 2.45) is 0 Å². The van der Waals surface area contributed by atoms with Gasteiger partial charge in [0.05, 0.1) is 19.9 Å². The topological polar surface area (TPSA) is 30.5 Å². The van der Waals surface area contributed by atoms with Crippen LogP contribution in [0.2, 0.25) is 0 Å². The van der Waals surface area contributed by atoms with Crippen molar-refractivity contribution in [1.29, 1.82) is 0 Å². The minimum Gasteiger partial charge on any atom is -0.497 e. The molecule has 0 saturated heterocycles. The van der Waals surface area contributed by atoms with Gasteiger partial charge in [0.15, 0.2) is 0 Å². The first-order chi connectivity index (χ1) is 10.4. The van der Waals surface area contributed by atoms with E-state index in [1.807, 2.05) is 18.2 Å². The van der Waals surface area contributed by atoms with Crippen molar-refractivity contribution in [1.82, 2.24) is 0 Å². The molecule has 3 heteroatoms. The first kappa shape index (κ1) is 16.2. The van der Waals surface area contributed by atoms with E-state index in [1.165, 1.54) is 11.1 Å². The molecular formula is C19H25NO2. The summed E-state index contributed by atoms with van der Waals surface area (Å²) >= 11 is 0. The Bertz CT molecular complexity index is 612. The fourth-order valence-electron chi connectivity index (χ4n) is 2.27. The predicted molar refractivity (Wildman–Crippen MR) is 92.0 cm³/mol. The molecule has 0 bridgehead atoms. The van der Waals surface area contributed by atoms with E-state index >= 15 is 0 Å². The quantitative estimate of drug-likeness (QED) is 0.874. The molecule has 2 rings (SSSR count). The number of ether oxygens (including phenoxy) is 2. The van der Waals surface area contributed by atoms with Gasteiger partial charge in [-0.15, -0.1) is 0 Å². The van der Waals surface area contributed by atoms with Crippen LogP contribution in [0, 0.1) is 0 Å². The molecule has 0 amide bonds. The summed E-state index contributed by atoms with van der Waals surface area (Å²) in [5.74, 6) is 1.62. The van der Waals surface area contributed by atoms with Crippen molar-refractivity contribution in [3.05, 3.63) is 53.6 Å². The Labute approximate surface area is 133 Å². The van der Waals surface area contributed by atoms with Gasteiger partial charge in [-0.2, -0.15) is 0 Å². The zero-order chi connectivity index (χ0) is 16.2. The van der Waals surface area contributed by atoms with Crippen molar-refractivity contribution in [2.45, 2.75) is 32.7 Å². The van der Waals surface area contributed by atoms with Crippen LogP contribution in [0.15, 0.2) is 42.5 Å². The van der Waals surface area contributed by atoms with E-state index in [2.05, 4.69) is 50.4 Å². The van der Waals surface area contributed by atoms with Crippen LogP contribution in [-0.4, -0.2) is 14.2 Å².